The molecule has 19 heavy (non-hydrogen) atoms. The van der Waals surface area contributed by atoms with E-state index in [1.54, 1.807) is 24.3 Å². The summed E-state index contributed by atoms with van der Waals surface area (Å²) < 4.78 is 15.3. The molecular weight excluding hydrogens is 426 g/mol. The van der Waals surface area contributed by atoms with Crippen LogP contribution in [-0.2, 0) is 0 Å². The van der Waals surface area contributed by atoms with E-state index in [2.05, 4.69) is 43.5 Å². The first kappa shape index (κ1) is 14.5. The number of hydrogen-bond acceptors (Lipinski definition) is 4. The van der Waals surface area contributed by atoms with Gasteiger partial charge in [-0.15, -0.1) is 0 Å². The van der Waals surface area contributed by atoms with Gasteiger partial charge in [-0.25, -0.2) is 20.2 Å². The third-order valence-corrected chi connectivity index (χ3v) is 4.97. The van der Waals surface area contributed by atoms with Crippen molar-refractivity contribution in [3.8, 4) is 0 Å². The lowest BCUT2D eigenvalue weighted by Crippen LogP contribution is -2.37. The molecule has 1 aromatic carbocycles. The second kappa shape index (κ2) is 6.02. The summed E-state index contributed by atoms with van der Waals surface area (Å²) in [6.45, 7) is 0. The summed E-state index contributed by atoms with van der Waals surface area (Å²) in [6, 6.07) is 6.41. The van der Waals surface area contributed by atoms with Gasteiger partial charge < -0.3 is 5.73 Å². The van der Waals surface area contributed by atoms with Crippen molar-refractivity contribution >= 4 is 44.2 Å². The second-order valence-corrected chi connectivity index (χ2v) is 5.50. The molecule has 0 aliphatic carbocycles. The van der Waals surface area contributed by atoms with Crippen molar-refractivity contribution in [2.45, 2.75) is 0 Å². The first-order valence-electron chi connectivity index (χ1n) is 5.34. The molecule has 0 amide bonds. The molecule has 1 aliphatic rings. The molecule has 0 atom stereocenters. The van der Waals surface area contributed by atoms with Crippen molar-refractivity contribution in [2.24, 2.45) is 16.6 Å². The number of nitrogens with zero attached hydrogens (tertiary/aromatic N) is 2. The number of aliphatic imine (C=N–C) groups is 1. The summed E-state index contributed by atoms with van der Waals surface area (Å²) in [5, 5.41) is 1.27. The molecule has 0 unspecified atom stereocenters. The number of hydrazine groups is 1. The SMILES string of the molecule is NC1=CC(c2ccccc2F)=N/C(=C(\Br)CI)N1N. The summed E-state index contributed by atoms with van der Waals surface area (Å²) in [5.74, 6) is 6.27. The molecule has 100 valence electrons. The number of halogens is 3. The zero-order valence-electron chi connectivity index (χ0n) is 9.78. The molecule has 2 rings (SSSR count). The van der Waals surface area contributed by atoms with Crippen molar-refractivity contribution in [3.05, 3.63) is 57.8 Å². The van der Waals surface area contributed by atoms with Crippen molar-refractivity contribution < 1.29 is 4.39 Å². The van der Waals surface area contributed by atoms with E-state index in [-0.39, 0.29) is 5.82 Å². The number of allylic oxidation sites excluding steroid dienone is 2. The van der Waals surface area contributed by atoms with E-state index >= 15 is 0 Å². The van der Waals surface area contributed by atoms with Crippen LogP contribution in [0.25, 0.3) is 0 Å². The predicted molar refractivity (Wildman–Crippen MR) is 86.1 cm³/mol. The van der Waals surface area contributed by atoms with E-state index in [0.29, 0.717) is 27.3 Å². The van der Waals surface area contributed by atoms with Crippen molar-refractivity contribution in [1.29, 1.82) is 0 Å². The van der Waals surface area contributed by atoms with Crippen LogP contribution in [0.3, 0.4) is 0 Å². The van der Waals surface area contributed by atoms with Crippen LogP contribution in [0, 0.1) is 5.82 Å². The molecule has 0 fully saturated rings. The Labute approximate surface area is 132 Å². The molecule has 0 saturated heterocycles. The molecular formula is C12H11BrFIN4. The lowest BCUT2D eigenvalue weighted by Gasteiger charge is -2.25. The number of rotatable bonds is 2. The van der Waals surface area contributed by atoms with Gasteiger partial charge in [0.1, 0.15) is 11.6 Å². The predicted octanol–water partition coefficient (Wildman–Crippen LogP) is 2.60. The van der Waals surface area contributed by atoms with Gasteiger partial charge in [0.05, 0.1) is 5.71 Å². The summed E-state index contributed by atoms with van der Waals surface area (Å²) >= 11 is 5.56. The van der Waals surface area contributed by atoms with Gasteiger partial charge in [-0.1, -0.05) is 50.7 Å². The summed E-state index contributed by atoms with van der Waals surface area (Å²) in [4.78, 5) is 4.36. The van der Waals surface area contributed by atoms with Crippen LogP contribution in [0.15, 0.2) is 51.5 Å². The highest BCUT2D eigenvalue weighted by Gasteiger charge is 2.20. The third kappa shape index (κ3) is 2.98. The lowest BCUT2D eigenvalue weighted by atomic mass is 10.1. The molecule has 7 heteroatoms. The Morgan fingerprint density at radius 3 is 2.74 bits per heavy atom. The van der Waals surface area contributed by atoms with Crippen LogP contribution in [0.5, 0.6) is 0 Å². The lowest BCUT2D eigenvalue weighted by molar-refractivity contribution is 0.434. The number of nitrogens with two attached hydrogens (primary N) is 2. The van der Waals surface area contributed by atoms with Gasteiger partial charge in [-0.2, -0.15) is 0 Å². The second-order valence-electron chi connectivity index (χ2n) is 3.78. The molecule has 0 radical (unpaired) electrons. The minimum atomic E-state index is -0.347. The highest BCUT2D eigenvalue weighted by molar-refractivity contribution is 14.1. The Bertz CT molecular complexity index is 597. The van der Waals surface area contributed by atoms with Gasteiger partial charge in [0.2, 0.25) is 0 Å². The fourth-order valence-electron chi connectivity index (χ4n) is 1.59. The largest absolute Gasteiger partial charge is 0.384 e. The molecule has 0 bridgehead atoms. The van der Waals surface area contributed by atoms with Crippen LogP contribution >= 0.6 is 38.5 Å². The van der Waals surface area contributed by atoms with Crippen molar-refractivity contribution in [3.63, 3.8) is 0 Å². The monoisotopic (exact) mass is 436 g/mol. The molecule has 4 N–H and O–H groups in total. The average Bonchev–Trinajstić information content (AvgIpc) is 2.41. The highest BCUT2D eigenvalue weighted by atomic mass is 127. The van der Waals surface area contributed by atoms with E-state index < -0.39 is 0 Å². The van der Waals surface area contributed by atoms with Gasteiger partial charge in [0.25, 0.3) is 0 Å². The standard InChI is InChI=1S/C12H11BrFIN4/c13-8(6-15)12-18-10(5-11(16)19(12)17)7-3-1-2-4-9(7)14/h1-5H,6,16-17H2/b12-8+. The molecule has 1 heterocycles. The molecule has 0 spiro atoms. The normalized spacial score (nSPS) is 18.0. The third-order valence-electron chi connectivity index (χ3n) is 2.53. The number of alkyl halides is 1. The minimum absolute atomic E-state index is 0.310. The van der Waals surface area contributed by atoms with Gasteiger partial charge in [-0.3, -0.25) is 0 Å². The smallest absolute Gasteiger partial charge is 0.160 e. The summed E-state index contributed by atoms with van der Waals surface area (Å²) in [5.41, 5.74) is 6.69. The maximum Gasteiger partial charge on any atom is 0.160 e. The Morgan fingerprint density at radius 2 is 2.11 bits per heavy atom. The van der Waals surface area contributed by atoms with E-state index in [1.165, 1.54) is 11.1 Å². The summed E-state index contributed by atoms with van der Waals surface area (Å²) in [7, 11) is 0. The first-order chi connectivity index (χ1) is 9.04. The van der Waals surface area contributed by atoms with E-state index in [0.717, 1.165) is 4.48 Å². The zero-order valence-corrected chi connectivity index (χ0v) is 13.5. The quantitative estimate of drug-likeness (QED) is 0.425. The van der Waals surface area contributed by atoms with Crippen molar-refractivity contribution in [2.75, 3.05) is 4.43 Å². The van der Waals surface area contributed by atoms with Crippen LogP contribution < -0.4 is 11.6 Å². The fraction of sp³-hybridized carbons (Fsp3) is 0.0833. The van der Waals surface area contributed by atoms with Gasteiger partial charge in [0.15, 0.2) is 5.82 Å². The first-order valence-corrected chi connectivity index (χ1v) is 7.66. The van der Waals surface area contributed by atoms with Crippen LogP contribution in [-0.4, -0.2) is 15.1 Å². The maximum absolute atomic E-state index is 13.8. The maximum atomic E-state index is 13.8. The van der Waals surface area contributed by atoms with Crippen LogP contribution in [0.4, 0.5) is 4.39 Å². The number of hydrogen-bond donors (Lipinski definition) is 2. The minimum Gasteiger partial charge on any atom is -0.384 e. The topological polar surface area (TPSA) is 67.6 Å². The fourth-order valence-corrected chi connectivity index (χ4v) is 2.21. The van der Waals surface area contributed by atoms with Gasteiger partial charge in [0, 0.05) is 20.5 Å². The highest BCUT2D eigenvalue weighted by Crippen LogP contribution is 2.24. The Hall–Kier alpha value is -0.930. The average molecular weight is 437 g/mol. The Balaban J connectivity index is 2.55. The summed E-state index contributed by atoms with van der Waals surface area (Å²) in [6.07, 6.45) is 1.55. The number of benzene rings is 1. The molecule has 0 aromatic heterocycles. The van der Waals surface area contributed by atoms with Gasteiger partial charge in [-0.05, 0) is 12.1 Å². The Kier molecular flexibility index (Phi) is 4.58. The Morgan fingerprint density at radius 1 is 1.42 bits per heavy atom. The van der Waals surface area contributed by atoms with Gasteiger partial charge >= 0.3 is 0 Å². The van der Waals surface area contributed by atoms with Crippen LogP contribution in [0.2, 0.25) is 0 Å². The molecule has 0 saturated carbocycles. The zero-order chi connectivity index (χ0) is 14.0. The van der Waals surface area contributed by atoms with Crippen molar-refractivity contribution in [1.82, 2.24) is 5.01 Å². The van der Waals surface area contributed by atoms with E-state index in [1.807, 2.05) is 0 Å². The molecule has 4 nitrogen and oxygen atoms in total. The van der Waals surface area contributed by atoms with E-state index in [9.17, 15) is 4.39 Å². The van der Waals surface area contributed by atoms with E-state index in [4.69, 9.17) is 11.6 Å². The molecule has 1 aliphatic heterocycles. The van der Waals surface area contributed by atoms with Crippen LogP contribution in [0.1, 0.15) is 5.56 Å². The molecule has 1 aromatic rings.